The SMILES string of the molecule is CN=C(NCCCn1nc(C)cc1C)NCC1CCC(C)CC1. The Kier molecular flexibility index (Phi) is 6.93. The summed E-state index contributed by atoms with van der Waals surface area (Å²) in [5, 5.41) is 11.4. The van der Waals surface area contributed by atoms with Crippen LogP contribution < -0.4 is 10.6 Å². The van der Waals surface area contributed by atoms with Gasteiger partial charge in [0.15, 0.2) is 5.96 Å². The first kappa shape index (κ1) is 17.8. The molecule has 0 unspecified atom stereocenters. The van der Waals surface area contributed by atoms with E-state index in [0.717, 1.165) is 49.5 Å². The number of nitrogens with one attached hydrogen (secondary N) is 2. The van der Waals surface area contributed by atoms with Crippen molar-refractivity contribution in [2.45, 2.75) is 59.4 Å². The number of hydrogen-bond donors (Lipinski definition) is 2. The van der Waals surface area contributed by atoms with Gasteiger partial charge in [-0.3, -0.25) is 9.67 Å². The highest BCUT2D eigenvalue weighted by molar-refractivity contribution is 5.79. The summed E-state index contributed by atoms with van der Waals surface area (Å²) in [6, 6.07) is 2.12. The number of guanidine groups is 1. The highest BCUT2D eigenvalue weighted by Crippen LogP contribution is 2.27. The third-order valence-electron chi connectivity index (χ3n) is 4.86. The molecular weight excluding hydrogens is 286 g/mol. The van der Waals surface area contributed by atoms with E-state index in [0.29, 0.717) is 0 Å². The van der Waals surface area contributed by atoms with Crippen molar-refractivity contribution in [1.82, 2.24) is 20.4 Å². The number of aromatic nitrogens is 2. The van der Waals surface area contributed by atoms with Crippen LogP contribution in [0.4, 0.5) is 0 Å². The molecule has 2 N–H and O–H groups in total. The normalized spacial score (nSPS) is 22.2. The van der Waals surface area contributed by atoms with Gasteiger partial charge in [-0.2, -0.15) is 5.10 Å². The molecule has 5 heteroatoms. The summed E-state index contributed by atoms with van der Waals surface area (Å²) < 4.78 is 2.08. The highest BCUT2D eigenvalue weighted by atomic mass is 15.3. The number of nitrogens with zero attached hydrogens (tertiary/aromatic N) is 3. The molecule has 130 valence electrons. The van der Waals surface area contributed by atoms with E-state index >= 15 is 0 Å². The number of aryl methyl sites for hydroxylation is 3. The van der Waals surface area contributed by atoms with Crippen LogP contribution in [-0.2, 0) is 6.54 Å². The Morgan fingerprint density at radius 2 is 2.00 bits per heavy atom. The number of rotatable bonds is 6. The zero-order valence-electron chi connectivity index (χ0n) is 15.2. The largest absolute Gasteiger partial charge is 0.356 e. The molecule has 1 fully saturated rings. The third kappa shape index (κ3) is 5.88. The van der Waals surface area contributed by atoms with Crippen molar-refractivity contribution in [1.29, 1.82) is 0 Å². The van der Waals surface area contributed by atoms with Crippen LogP contribution in [0.25, 0.3) is 0 Å². The van der Waals surface area contributed by atoms with Crippen molar-refractivity contribution >= 4 is 5.96 Å². The first-order valence-corrected chi connectivity index (χ1v) is 9.04. The molecule has 0 aliphatic heterocycles. The predicted octanol–water partition coefficient (Wildman–Crippen LogP) is 2.88. The first-order valence-electron chi connectivity index (χ1n) is 9.04. The van der Waals surface area contributed by atoms with Gasteiger partial charge in [0.2, 0.25) is 0 Å². The lowest BCUT2D eigenvalue weighted by atomic mass is 9.83. The van der Waals surface area contributed by atoms with E-state index in [1.807, 2.05) is 14.0 Å². The standard InChI is InChI=1S/C18H33N5/c1-14-6-8-17(9-7-14)13-21-18(19-4)20-10-5-11-23-16(3)12-15(2)22-23/h12,14,17H,5-11,13H2,1-4H3,(H2,19,20,21). The van der Waals surface area contributed by atoms with Crippen molar-refractivity contribution in [3.8, 4) is 0 Å². The Bertz CT molecular complexity index is 498. The Morgan fingerprint density at radius 3 is 2.61 bits per heavy atom. The molecule has 0 amide bonds. The molecule has 1 aromatic rings. The van der Waals surface area contributed by atoms with E-state index < -0.39 is 0 Å². The fraction of sp³-hybridized carbons (Fsp3) is 0.778. The van der Waals surface area contributed by atoms with Crippen LogP contribution in [0.3, 0.4) is 0 Å². The summed E-state index contributed by atoms with van der Waals surface area (Å²) in [7, 11) is 1.85. The summed E-state index contributed by atoms with van der Waals surface area (Å²) in [6.07, 6.45) is 6.50. The van der Waals surface area contributed by atoms with Crippen molar-refractivity contribution in [2.75, 3.05) is 20.1 Å². The second-order valence-corrected chi connectivity index (χ2v) is 7.01. The Balaban J connectivity index is 1.62. The zero-order valence-corrected chi connectivity index (χ0v) is 15.2. The van der Waals surface area contributed by atoms with E-state index in [1.54, 1.807) is 0 Å². The van der Waals surface area contributed by atoms with E-state index in [2.05, 4.69) is 45.3 Å². The number of hydrogen-bond acceptors (Lipinski definition) is 2. The molecule has 1 heterocycles. The molecular formula is C18H33N5. The van der Waals surface area contributed by atoms with Gasteiger partial charge in [-0.25, -0.2) is 0 Å². The van der Waals surface area contributed by atoms with Crippen molar-refractivity contribution < 1.29 is 0 Å². The van der Waals surface area contributed by atoms with Gasteiger partial charge in [0, 0.05) is 32.4 Å². The van der Waals surface area contributed by atoms with Gasteiger partial charge in [0.1, 0.15) is 0 Å². The fourth-order valence-electron chi connectivity index (χ4n) is 3.33. The van der Waals surface area contributed by atoms with Gasteiger partial charge >= 0.3 is 0 Å². The van der Waals surface area contributed by atoms with Crippen molar-refractivity contribution in [2.24, 2.45) is 16.8 Å². The van der Waals surface area contributed by atoms with E-state index in [-0.39, 0.29) is 0 Å². The van der Waals surface area contributed by atoms with Gasteiger partial charge in [0.25, 0.3) is 0 Å². The maximum atomic E-state index is 4.49. The molecule has 0 spiro atoms. The van der Waals surface area contributed by atoms with E-state index in [4.69, 9.17) is 0 Å². The number of aliphatic imine (C=N–C) groups is 1. The van der Waals surface area contributed by atoms with Gasteiger partial charge < -0.3 is 10.6 Å². The third-order valence-corrected chi connectivity index (χ3v) is 4.86. The topological polar surface area (TPSA) is 54.2 Å². The Labute approximate surface area is 141 Å². The first-order chi connectivity index (χ1) is 11.1. The van der Waals surface area contributed by atoms with Crippen LogP contribution in [0.1, 0.15) is 50.4 Å². The molecule has 0 radical (unpaired) electrons. The summed E-state index contributed by atoms with van der Waals surface area (Å²) in [5.41, 5.74) is 2.33. The molecule has 0 atom stereocenters. The van der Waals surface area contributed by atoms with Crippen LogP contribution in [0.15, 0.2) is 11.1 Å². The molecule has 1 saturated carbocycles. The lowest BCUT2D eigenvalue weighted by Crippen LogP contribution is -2.40. The molecule has 5 nitrogen and oxygen atoms in total. The zero-order chi connectivity index (χ0) is 16.7. The Hall–Kier alpha value is -1.52. The highest BCUT2D eigenvalue weighted by Gasteiger charge is 2.18. The molecule has 1 aliphatic rings. The molecule has 2 rings (SSSR count). The average molecular weight is 319 g/mol. The average Bonchev–Trinajstić information content (AvgIpc) is 2.86. The monoisotopic (exact) mass is 319 g/mol. The van der Waals surface area contributed by atoms with Gasteiger partial charge in [-0.05, 0) is 51.0 Å². The smallest absolute Gasteiger partial charge is 0.190 e. The second-order valence-electron chi connectivity index (χ2n) is 7.01. The Morgan fingerprint density at radius 1 is 1.26 bits per heavy atom. The minimum absolute atomic E-state index is 0.805. The van der Waals surface area contributed by atoms with Crippen molar-refractivity contribution in [3.05, 3.63) is 17.5 Å². The van der Waals surface area contributed by atoms with Crippen LogP contribution >= 0.6 is 0 Å². The van der Waals surface area contributed by atoms with Crippen molar-refractivity contribution in [3.63, 3.8) is 0 Å². The second kappa shape index (κ2) is 8.94. The van der Waals surface area contributed by atoms with E-state index in [9.17, 15) is 0 Å². The summed E-state index contributed by atoms with van der Waals surface area (Å²) in [6.45, 7) is 9.43. The summed E-state index contributed by atoms with van der Waals surface area (Å²) in [4.78, 5) is 4.33. The van der Waals surface area contributed by atoms with Gasteiger partial charge in [-0.1, -0.05) is 19.8 Å². The van der Waals surface area contributed by atoms with Crippen LogP contribution in [0.2, 0.25) is 0 Å². The molecule has 1 aliphatic carbocycles. The van der Waals surface area contributed by atoms with Gasteiger partial charge in [-0.15, -0.1) is 0 Å². The van der Waals surface area contributed by atoms with Gasteiger partial charge in [0.05, 0.1) is 5.69 Å². The van der Waals surface area contributed by atoms with Crippen LogP contribution in [0.5, 0.6) is 0 Å². The molecule has 0 saturated heterocycles. The predicted molar refractivity (Wildman–Crippen MR) is 96.8 cm³/mol. The summed E-state index contributed by atoms with van der Waals surface area (Å²) in [5.74, 6) is 2.65. The molecule has 0 aromatic carbocycles. The fourth-order valence-corrected chi connectivity index (χ4v) is 3.33. The van der Waals surface area contributed by atoms with E-state index in [1.165, 1.54) is 31.4 Å². The lowest BCUT2D eigenvalue weighted by Gasteiger charge is -2.26. The summed E-state index contributed by atoms with van der Waals surface area (Å²) >= 11 is 0. The maximum absolute atomic E-state index is 4.49. The molecule has 23 heavy (non-hydrogen) atoms. The minimum Gasteiger partial charge on any atom is -0.356 e. The minimum atomic E-state index is 0.805. The molecule has 0 bridgehead atoms. The van der Waals surface area contributed by atoms with Crippen LogP contribution in [-0.4, -0.2) is 35.9 Å². The lowest BCUT2D eigenvalue weighted by molar-refractivity contribution is 0.289. The molecule has 1 aromatic heterocycles. The quantitative estimate of drug-likeness (QED) is 0.481. The van der Waals surface area contributed by atoms with Crippen LogP contribution in [0, 0.1) is 25.7 Å². The maximum Gasteiger partial charge on any atom is 0.190 e.